The van der Waals surface area contributed by atoms with E-state index in [2.05, 4.69) is 21.4 Å². The van der Waals surface area contributed by atoms with Crippen molar-refractivity contribution >= 4 is 23.1 Å². The van der Waals surface area contributed by atoms with Gasteiger partial charge in [-0.25, -0.2) is 9.97 Å². The van der Waals surface area contributed by atoms with Gasteiger partial charge in [0.2, 0.25) is 0 Å². The van der Waals surface area contributed by atoms with Crippen molar-refractivity contribution in [1.82, 2.24) is 9.97 Å². The number of nitrogens with one attached hydrogen (secondary N) is 1. The molecule has 5 heteroatoms. The molecule has 0 fully saturated rings. The van der Waals surface area contributed by atoms with Gasteiger partial charge in [-0.05, 0) is 43.0 Å². The molecule has 1 N–H and O–H groups in total. The second-order valence-electron chi connectivity index (χ2n) is 6.52. The number of aromatic nitrogens is 2. The number of amides is 1. The molecule has 0 saturated carbocycles. The standard InChI is InChI=1S/C21H20N4O/c1-14-6-5-7-15(2)20(14)24-19-12-17(22-13-23-19)21(26)25-11-10-16-8-3-4-9-18(16)25/h3-9,12-13H,10-11H2,1-2H3,(H,22,23,24). The molecular formula is C21H20N4O. The zero-order valence-corrected chi connectivity index (χ0v) is 14.9. The van der Waals surface area contributed by atoms with E-state index in [1.165, 1.54) is 11.9 Å². The first-order valence-corrected chi connectivity index (χ1v) is 8.68. The van der Waals surface area contributed by atoms with Crippen molar-refractivity contribution in [2.75, 3.05) is 16.8 Å². The number of benzene rings is 2. The molecule has 26 heavy (non-hydrogen) atoms. The van der Waals surface area contributed by atoms with Gasteiger partial charge in [0, 0.05) is 24.0 Å². The van der Waals surface area contributed by atoms with E-state index in [1.54, 1.807) is 11.0 Å². The first-order valence-electron chi connectivity index (χ1n) is 8.68. The van der Waals surface area contributed by atoms with Crippen LogP contribution >= 0.6 is 0 Å². The van der Waals surface area contributed by atoms with Crippen LogP contribution < -0.4 is 10.2 Å². The lowest BCUT2D eigenvalue weighted by Gasteiger charge is -2.17. The van der Waals surface area contributed by atoms with Crippen LogP contribution in [0.1, 0.15) is 27.2 Å². The third kappa shape index (κ3) is 2.92. The Bertz CT molecular complexity index is 963. The fourth-order valence-electron chi connectivity index (χ4n) is 3.37. The Balaban J connectivity index is 1.61. The van der Waals surface area contributed by atoms with Crippen LogP contribution in [0.4, 0.5) is 17.2 Å². The summed E-state index contributed by atoms with van der Waals surface area (Å²) >= 11 is 0. The van der Waals surface area contributed by atoms with Crippen molar-refractivity contribution in [1.29, 1.82) is 0 Å². The normalized spacial score (nSPS) is 12.8. The molecule has 2 heterocycles. The second kappa shape index (κ2) is 6.59. The molecule has 0 saturated heterocycles. The molecule has 130 valence electrons. The maximum Gasteiger partial charge on any atom is 0.277 e. The van der Waals surface area contributed by atoms with Gasteiger partial charge >= 0.3 is 0 Å². The quantitative estimate of drug-likeness (QED) is 0.779. The predicted molar refractivity (Wildman–Crippen MR) is 103 cm³/mol. The number of nitrogens with zero attached hydrogens (tertiary/aromatic N) is 3. The van der Waals surface area contributed by atoms with Gasteiger partial charge in [0.25, 0.3) is 5.91 Å². The molecule has 3 aromatic rings. The van der Waals surface area contributed by atoms with Crippen LogP contribution in [0.3, 0.4) is 0 Å². The van der Waals surface area contributed by atoms with Crippen molar-refractivity contribution in [2.24, 2.45) is 0 Å². The maximum absolute atomic E-state index is 13.0. The van der Waals surface area contributed by atoms with Crippen molar-refractivity contribution in [3.8, 4) is 0 Å². The Morgan fingerprint density at radius 2 is 1.81 bits per heavy atom. The van der Waals surface area contributed by atoms with Gasteiger partial charge in [-0.1, -0.05) is 36.4 Å². The van der Waals surface area contributed by atoms with Crippen LogP contribution in [0.2, 0.25) is 0 Å². The van der Waals surface area contributed by atoms with E-state index in [0.717, 1.165) is 28.9 Å². The first kappa shape index (κ1) is 16.3. The SMILES string of the molecule is Cc1cccc(C)c1Nc1cc(C(=O)N2CCc3ccccc32)ncn1. The smallest absolute Gasteiger partial charge is 0.277 e. The highest BCUT2D eigenvalue weighted by atomic mass is 16.2. The molecule has 4 rings (SSSR count). The van der Waals surface area contributed by atoms with Crippen molar-refractivity contribution < 1.29 is 4.79 Å². The van der Waals surface area contributed by atoms with Gasteiger partial charge in [-0.2, -0.15) is 0 Å². The van der Waals surface area contributed by atoms with Gasteiger partial charge < -0.3 is 10.2 Å². The maximum atomic E-state index is 13.0. The summed E-state index contributed by atoms with van der Waals surface area (Å²) in [7, 11) is 0. The molecule has 5 nitrogen and oxygen atoms in total. The van der Waals surface area contributed by atoms with Gasteiger partial charge in [-0.15, -0.1) is 0 Å². The Morgan fingerprint density at radius 1 is 1.04 bits per heavy atom. The van der Waals surface area contributed by atoms with Crippen LogP contribution in [0, 0.1) is 13.8 Å². The highest BCUT2D eigenvalue weighted by molar-refractivity contribution is 6.06. The minimum Gasteiger partial charge on any atom is -0.340 e. The fourth-order valence-corrected chi connectivity index (χ4v) is 3.37. The molecule has 0 atom stereocenters. The van der Waals surface area contributed by atoms with Crippen LogP contribution in [0.5, 0.6) is 0 Å². The van der Waals surface area contributed by atoms with Crippen molar-refractivity contribution in [2.45, 2.75) is 20.3 Å². The minimum atomic E-state index is -0.0955. The number of aryl methyl sites for hydroxylation is 2. The van der Waals surface area contributed by atoms with Gasteiger partial charge in [0.15, 0.2) is 0 Å². The molecular weight excluding hydrogens is 324 g/mol. The lowest BCUT2D eigenvalue weighted by atomic mass is 10.1. The van der Waals surface area contributed by atoms with Gasteiger partial charge in [0.05, 0.1) is 0 Å². The molecule has 0 spiro atoms. The lowest BCUT2D eigenvalue weighted by Crippen LogP contribution is -2.29. The zero-order chi connectivity index (χ0) is 18.1. The summed E-state index contributed by atoms with van der Waals surface area (Å²) in [5.74, 6) is 0.523. The molecule has 1 aromatic heterocycles. The molecule has 1 aliphatic heterocycles. The van der Waals surface area contributed by atoms with Crippen molar-refractivity contribution in [3.05, 3.63) is 77.2 Å². The Morgan fingerprint density at radius 3 is 2.62 bits per heavy atom. The predicted octanol–water partition coefficient (Wildman–Crippen LogP) is 4.04. The number of carbonyl (C=O) groups is 1. The van der Waals surface area contributed by atoms with E-state index in [9.17, 15) is 4.79 Å². The summed E-state index contributed by atoms with van der Waals surface area (Å²) in [4.78, 5) is 23.2. The molecule has 0 aliphatic carbocycles. The van der Waals surface area contributed by atoms with Crippen LogP contribution in [0.15, 0.2) is 54.9 Å². The molecule has 2 aromatic carbocycles. The first-order chi connectivity index (χ1) is 12.6. The monoisotopic (exact) mass is 344 g/mol. The molecule has 1 amide bonds. The second-order valence-corrected chi connectivity index (χ2v) is 6.52. The lowest BCUT2D eigenvalue weighted by molar-refractivity contribution is 0.0984. The molecule has 1 aliphatic rings. The van der Waals surface area contributed by atoms with Gasteiger partial charge in [-0.3, -0.25) is 4.79 Å². The third-order valence-electron chi connectivity index (χ3n) is 4.75. The fraction of sp³-hybridized carbons (Fsp3) is 0.190. The number of anilines is 3. The van der Waals surface area contributed by atoms with Crippen molar-refractivity contribution in [3.63, 3.8) is 0 Å². The minimum absolute atomic E-state index is 0.0955. The van der Waals surface area contributed by atoms with E-state index in [4.69, 9.17) is 0 Å². The summed E-state index contributed by atoms with van der Waals surface area (Å²) in [5.41, 5.74) is 5.83. The topological polar surface area (TPSA) is 58.1 Å². The largest absolute Gasteiger partial charge is 0.340 e. The van der Waals surface area contributed by atoms with Crippen LogP contribution in [-0.4, -0.2) is 22.4 Å². The number of fused-ring (bicyclic) bond motifs is 1. The Hall–Kier alpha value is -3.21. The van der Waals surface area contributed by atoms with E-state index < -0.39 is 0 Å². The summed E-state index contributed by atoms with van der Waals surface area (Å²) < 4.78 is 0. The number of hydrogen-bond acceptors (Lipinski definition) is 4. The average Bonchev–Trinajstić information content (AvgIpc) is 3.09. The highest BCUT2D eigenvalue weighted by Crippen LogP contribution is 2.29. The van der Waals surface area contributed by atoms with E-state index in [1.807, 2.05) is 50.2 Å². The molecule has 0 bridgehead atoms. The number of rotatable bonds is 3. The Kier molecular flexibility index (Phi) is 4.13. The van der Waals surface area contributed by atoms with Gasteiger partial charge in [0.1, 0.15) is 17.8 Å². The highest BCUT2D eigenvalue weighted by Gasteiger charge is 2.26. The van der Waals surface area contributed by atoms with E-state index in [-0.39, 0.29) is 5.91 Å². The number of para-hydroxylation sites is 2. The third-order valence-corrected chi connectivity index (χ3v) is 4.75. The summed E-state index contributed by atoms with van der Waals surface area (Å²) in [6.07, 6.45) is 2.31. The molecule has 0 unspecified atom stereocenters. The summed E-state index contributed by atoms with van der Waals surface area (Å²) in [6.45, 7) is 4.77. The number of carbonyl (C=O) groups excluding carboxylic acids is 1. The average molecular weight is 344 g/mol. The zero-order valence-electron chi connectivity index (χ0n) is 14.9. The van der Waals surface area contributed by atoms with E-state index >= 15 is 0 Å². The summed E-state index contributed by atoms with van der Waals surface area (Å²) in [6, 6.07) is 15.8. The summed E-state index contributed by atoms with van der Waals surface area (Å²) in [5, 5.41) is 3.32. The number of hydrogen-bond donors (Lipinski definition) is 1. The Labute approximate surface area is 152 Å². The van der Waals surface area contributed by atoms with Crippen LogP contribution in [0.25, 0.3) is 0 Å². The molecule has 0 radical (unpaired) electrons. The van der Waals surface area contributed by atoms with E-state index in [0.29, 0.717) is 18.1 Å². The van der Waals surface area contributed by atoms with Crippen LogP contribution in [-0.2, 0) is 6.42 Å².